The van der Waals surface area contributed by atoms with Gasteiger partial charge in [-0.15, -0.1) is 5.10 Å². The van der Waals surface area contributed by atoms with E-state index in [1.807, 2.05) is 0 Å². The molecule has 1 N–H and O–H groups in total. The predicted octanol–water partition coefficient (Wildman–Crippen LogP) is 0.586. The largest absolute Gasteiger partial charge is 0.483 e. The monoisotopic (exact) mass is 584 g/mol. The minimum absolute atomic E-state index is 0.168. The first kappa shape index (κ1) is 30.0. The van der Waals surface area contributed by atoms with Gasteiger partial charge < -0.3 is 29.0 Å². The van der Waals surface area contributed by atoms with E-state index < -0.39 is 60.2 Å². The molecule has 5 atom stereocenters. The van der Waals surface area contributed by atoms with Gasteiger partial charge in [0, 0.05) is 44.9 Å². The van der Waals surface area contributed by atoms with Gasteiger partial charge in [0.1, 0.15) is 31.1 Å². The Morgan fingerprint density at radius 3 is 2.26 bits per heavy atom. The van der Waals surface area contributed by atoms with Crippen molar-refractivity contribution in [3.05, 3.63) is 59.1 Å². The fraction of sp³-hybridized carbons (Fsp3) is 0.407. The van der Waals surface area contributed by atoms with E-state index in [0.717, 1.165) is 19.9 Å². The van der Waals surface area contributed by atoms with Gasteiger partial charge in [-0.25, -0.2) is 4.68 Å². The molecule has 1 aromatic carbocycles. The fourth-order valence-corrected chi connectivity index (χ4v) is 4.59. The molecule has 0 spiro atoms. The lowest BCUT2D eigenvalue weighted by Gasteiger charge is -2.45. The number of Topliss-reactive ketones (excluding diaryl/α,β-unsaturated/α-hetero) is 1. The summed E-state index contributed by atoms with van der Waals surface area (Å²) in [5.74, 6) is -3.66. The van der Waals surface area contributed by atoms with Crippen LogP contribution >= 0.6 is 0 Å². The summed E-state index contributed by atoms with van der Waals surface area (Å²) < 4.78 is 28.8. The number of allylic oxidation sites excluding steroid dienone is 2. The molecule has 1 aliphatic carbocycles. The molecule has 42 heavy (non-hydrogen) atoms. The van der Waals surface area contributed by atoms with E-state index in [4.69, 9.17) is 23.7 Å². The average Bonchev–Trinajstić information content (AvgIpc) is 3.39. The van der Waals surface area contributed by atoms with Crippen LogP contribution in [0, 0.1) is 0 Å². The lowest BCUT2D eigenvalue weighted by Crippen LogP contribution is -2.64. The molecule has 1 aromatic heterocycles. The Balaban J connectivity index is 1.60. The highest BCUT2D eigenvalue weighted by atomic mass is 16.6. The van der Waals surface area contributed by atoms with Gasteiger partial charge in [0.15, 0.2) is 30.0 Å². The Labute approximate surface area is 239 Å². The van der Waals surface area contributed by atoms with Crippen molar-refractivity contribution in [3.63, 3.8) is 0 Å². The number of benzene rings is 1. The van der Waals surface area contributed by atoms with Crippen molar-refractivity contribution in [2.24, 2.45) is 0 Å². The summed E-state index contributed by atoms with van der Waals surface area (Å²) in [7, 11) is 0. The molecule has 0 radical (unpaired) electrons. The standard InChI is InChI=1S/C27H28N4O11/c1-13(32)28-23-26(41-16(4)35)25(40-15(3)34)22(12-38-14(2)33)42-27(23)31-10-17(29-30-31)11-39-21-9-20(36)18-7-5-6-8-19(18)24(21)37/h5-10,22-23,25-27H,11-12H2,1-4H3,(H,28,32)/t22-,23-,25-,26-,27-/m1/s1. The molecule has 1 amide bonds. The molecule has 1 aliphatic heterocycles. The summed E-state index contributed by atoms with van der Waals surface area (Å²) in [5, 5.41) is 10.7. The van der Waals surface area contributed by atoms with Crippen LogP contribution in [0.3, 0.4) is 0 Å². The van der Waals surface area contributed by atoms with Crippen molar-refractivity contribution in [3.8, 4) is 0 Å². The van der Waals surface area contributed by atoms with Crippen LogP contribution in [0.1, 0.15) is 60.3 Å². The Hall–Kier alpha value is -4.92. The highest BCUT2D eigenvalue weighted by Gasteiger charge is 2.51. The van der Waals surface area contributed by atoms with Crippen molar-refractivity contribution in [1.82, 2.24) is 20.3 Å². The summed E-state index contributed by atoms with van der Waals surface area (Å²) in [6, 6.07) is 5.23. The summed E-state index contributed by atoms with van der Waals surface area (Å²) >= 11 is 0. The maximum Gasteiger partial charge on any atom is 0.303 e. The molecular weight excluding hydrogens is 556 g/mol. The zero-order valence-electron chi connectivity index (χ0n) is 23.1. The number of amides is 1. The summed E-state index contributed by atoms with van der Waals surface area (Å²) in [5.41, 5.74) is 0.704. The number of carbonyl (C=O) groups excluding carboxylic acids is 6. The van der Waals surface area contributed by atoms with Crippen LogP contribution in [0.25, 0.3) is 0 Å². The van der Waals surface area contributed by atoms with Gasteiger partial charge in [-0.2, -0.15) is 0 Å². The second kappa shape index (κ2) is 12.7. The van der Waals surface area contributed by atoms with Crippen LogP contribution in [0.5, 0.6) is 0 Å². The molecule has 0 saturated carbocycles. The zero-order chi connectivity index (χ0) is 30.6. The van der Waals surface area contributed by atoms with Crippen molar-refractivity contribution in [2.45, 2.75) is 64.9 Å². The van der Waals surface area contributed by atoms with Crippen LogP contribution in [-0.4, -0.2) is 81.3 Å². The first-order valence-electron chi connectivity index (χ1n) is 12.8. The maximum atomic E-state index is 12.8. The van der Waals surface area contributed by atoms with Crippen molar-refractivity contribution in [2.75, 3.05) is 6.61 Å². The molecule has 1 saturated heterocycles. The number of esters is 3. The number of ether oxygens (including phenoxy) is 5. The molecular formula is C27H28N4O11. The third-order valence-electron chi connectivity index (χ3n) is 6.21. The van der Waals surface area contributed by atoms with Crippen molar-refractivity contribution >= 4 is 35.4 Å². The van der Waals surface area contributed by atoms with E-state index in [0.29, 0.717) is 0 Å². The van der Waals surface area contributed by atoms with Crippen LogP contribution in [-0.2, 0) is 49.5 Å². The number of hydrogen-bond acceptors (Lipinski definition) is 13. The molecule has 15 nitrogen and oxygen atoms in total. The van der Waals surface area contributed by atoms with E-state index >= 15 is 0 Å². The summed E-state index contributed by atoms with van der Waals surface area (Å²) in [6.07, 6.45) is -2.40. The van der Waals surface area contributed by atoms with Gasteiger partial charge in [0.05, 0.1) is 6.20 Å². The smallest absolute Gasteiger partial charge is 0.303 e. The van der Waals surface area contributed by atoms with Crippen molar-refractivity contribution < 1.29 is 52.5 Å². The van der Waals surface area contributed by atoms with Gasteiger partial charge in [-0.05, 0) is 0 Å². The molecule has 2 heterocycles. The predicted molar refractivity (Wildman–Crippen MR) is 137 cm³/mol. The van der Waals surface area contributed by atoms with E-state index in [1.165, 1.54) is 30.8 Å². The molecule has 222 valence electrons. The lowest BCUT2D eigenvalue weighted by molar-refractivity contribution is -0.239. The van der Waals surface area contributed by atoms with Gasteiger partial charge in [0.2, 0.25) is 11.7 Å². The first-order valence-corrected chi connectivity index (χ1v) is 12.8. The number of hydrogen-bond donors (Lipinski definition) is 1. The third-order valence-corrected chi connectivity index (χ3v) is 6.21. The summed E-state index contributed by atoms with van der Waals surface area (Å²) in [4.78, 5) is 72.9. The second-order valence-corrected chi connectivity index (χ2v) is 9.47. The average molecular weight is 585 g/mol. The number of rotatable bonds is 9. The molecule has 0 unspecified atom stereocenters. The van der Waals surface area contributed by atoms with Gasteiger partial charge >= 0.3 is 17.9 Å². The van der Waals surface area contributed by atoms with Crippen LogP contribution < -0.4 is 5.32 Å². The number of aromatic nitrogens is 3. The van der Waals surface area contributed by atoms with Crippen LogP contribution in [0.2, 0.25) is 0 Å². The maximum absolute atomic E-state index is 12.8. The number of nitrogens with zero attached hydrogens (tertiary/aromatic N) is 3. The van der Waals surface area contributed by atoms with E-state index in [9.17, 15) is 28.8 Å². The van der Waals surface area contributed by atoms with Crippen molar-refractivity contribution in [1.29, 1.82) is 0 Å². The second-order valence-electron chi connectivity index (χ2n) is 9.47. The number of nitrogens with one attached hydrogen (secondary N) is 1. The Morgan fingerprint density at radius 2 is 1.62 bits per heavy atom. The van der Waals surface area contributed by atoms with Gasteiger partial charge in [-0.1, -0.05) is 29.5 Å². The minimum atomic E-state index is -1.28. The molecule has 1 fully saturated rings. The topological polar surface area (TPSA) is 191 Å². The number of fused-ring (bicyclic) bond motifs is 1. The van der Waals surface area contributed by atoms with Crippen LogP contribution in [0.15, 0.2) is 42.3 Å². The molecule has 0 bridgehead atoms. The lowest BCUT2D eigenvalue weighted by atomic mass is 9.94. The first-order chi connectivity index (χ1) is 19.9. The number of ketones is 2. The quantitative estimate of drug-likeness (QED) is 0.318. The molecule has 4 rings (SSSR count). The highest BCUT2D eigenvalue weighted by molar-refractivity contribution is 6.23. The van der Waals surface area contributed by atoms with E-state index in [-0.39, 0.29) is 41.6 Å². The SMILES string of the molecule is CC(=O)N[C@@H]1[C@@H](OC(C)=O)[C@H](OC(C)=O)[C@@H](COC(C)=O)O[C@H]1n1cc(COC2=CC(=O)c3ccccc3C2=O)nn1. The Morgan fingerprint density at radius 1 is 0.952 bits per heavy atom. The number of carbonyl (C=O) groups is 6. The van der Waals surface area contributed by atoms with E-state index in [2.05, 4.69) is 15.6 Å². The summed E-state index contributed by atoms with van der Waals surface area (Å²) in [6.45, 7) is 4.03. The van der Waals surface area contributed by atoms with Gasteiger partial charge in [0.25, 0.3) is 0 Å². The Kier molecular flexibility index (Phi) is 9.10. The highest BCUT2D eigenvalue weighted by Crippen LogP contribution is 2.32. The third kappa shape index (κ3) is 6.86. The Bertz CT molecular complexity index is 1450. The molecule has 15 heteroatoms. The normalized spacial score (nSPS) is 23.2. The van der Waals surface area contributed by atoms with Crippen LogP contribution in [0.4, 0.5) is 0 Å². The molecule has 2 aliphatic rings. The zero-order valence-corrected chi connectivity index (χ0v) is 23.1. The van der Waals surface area contributed by atoms with E-state index in [1.54, 1.807) is 18.2 Å². The minimum Gasteiger partial charge on any atom is -0.483 e. The molecule has 2 aromatic rings. The fourth-order valence-electron chi connectivity index (χ4n) is 4.59. The van der Waals surface area contributed by atoms with Gasteiger partial charge in [-0.3, -0.25) is 28.8 Å².